The second-order valence-electron chi connectivity index (χ2n) is 9.25. The van der Waals surface area contributed by atoms with E-state index in [0.717, 1.165) is 49.1 Å². The third kappa shape index (κ3) is 4.12. The Morgan fingerprint density at radius 1 is 1.26 bits per heavy atom. The van der Waals surface area contributed by atoms with Gasteiger partial charge in [-0.3, -0.25) is 14.5 Å². The average Bonchev–Trinajstić information content (AvgIpc) is 2.97. The molecule has 1 aliphatic carbocycles. The van der Waals surface area contributed by atoms with Gasteiger partial charge >= 0.3 is 6.03 Å². The van der Waals surface area contributed by atoms with Crippen molar-refractivity contribution in [3.63, 3.8) is 0 Å². The normalized spacial score (nSPS) is 28.7. The Morgan fingerprint density at radius 3 is 2.84 bits per heavy atom. The highest BCUT2D eigenvalue weighted by Gasteiger charge is 2.55. The SMILES string of the molecule is Cc1ccc(F)c(N2CCCC(NC(=O)CN3C(=O)NC4(CCCCC4C)C3=O)C2)c1. The number of amides is 4. The molecule has 8 heteroatoms. The molecule has 1 aromatic rings. The molecular formula is C23H31FN4O3. The number of carbonyl (C=O) groups excluding carboxylic acids is 3. The summed E-state index contributed by atoms with van der Waals surface area (Å²) in [5.74, 6) is -0.863. The predicted molar refractivity (Wildman–Crippen MR) is 115 cm³/mol. The van der Waals surface area contributed by atoms with Crippen molar-refractivity contribution in [2.24, 2.45) is 5.92 Å². The number of imide groups is 1. The molecule has 1 saturated carbocycles. The molecule has 168 valence electrons. The van der Waals surface area contributed by atoms with Crippen molar-refractivity contribution in [1.29, 1.82) is 0 Å². The highest BCUT2D eigenvalue weighted by atomic mass is 19.1. The summed E-state index contributed by atoms with van der Waals surface area (Å²) in [5, 5.41) is 5.82. The van der Waals surface area contributed by atoms with Crippen molar-refractivity contribution in [3.8, 4) is 0 Å². The number of piperidine rings is 1. The molecule has 4 rings (SSSR count). The molecule has 0 aromatic heterocycles. The summed E-state index contributed by atoms with van der Waals surface area (Å²) in [7, 11) is 0. The monoisotopic (exact) mass is 430 g/mol. The molecular weight excluding hydrogens is 399 g/mol. The minimum absolute atomic E-state index is 0.0573. The van der Waals surface area contributed by atoms with E-state index in [-0.39, 0.29) is 36.1 Å². The van der Waals surface area contributed by atoms with Crippen LogP contribution in [0.5, 0.6) is 0 Å². The van der Waals surface area contributed by atoms with Crippen LogP contribution in [0.25, 0.3) is 0 Å². The molecule has 3 fully saturated rings. The molecule has 1 spiro atoms. The standard InChI is InChI=1S/C23H31FN4O3/c1-15-8-9-18(24)19(12-15)27-11-5-7-17(13-27)25-20(29)14-28-21(30)23(26-22(28)31)10-4-3-6-16(23)2/h8-9,12,16-17H,3-7,10-11,13-14H2,1-2H3,(H,25,29)(H,26,31). The van der Waals surface area contributed by atoms with Crippen LogP contribution in [0, 0.1) is 18.7 Å². The zero-order valence-corrected chi connectivity index (χ0v) is 18.2. The van der Waals surface area contributed by atoms with Crippen LogP contribution in [0.4, 0.5) is 14.9 Å². The molecule has 3 unspecified atom stereocenters. The van der Waals surface area contributed by atoms with E-state index in [4.69, 9.17) is 0 Å². The first kappa shape index (κ1) is 21.6. The van der Waals surface area contributed by atoms with E-state index in [2.05, 4.69) is 10.6 Å². The number of urea groups is 1. The molecule has 2 aliphatic heterocycles. The van der Waals surface area contributed by atoms with Crippen LogP contribution in [-0.4, -0.2) is 54.0 Å². The van der Waals surface area contributed by atoms with E-state index in [1.165, 1.54) is 6.07 Å². The maximum absolute atomic E-state index is 14.3. The molecule has 2 saturated heterocycles. The van der Waals surface area contributed by atoms with Crippen LogP contribution in [0.15, 0.2) is 18.2 Å². The first-order chi connectivity index (χ1) is 14.8. The summed E-state index contributed by atoms with van der Waals surface area (Å²) in [4.78, 5) is 41.3. The lowest BCUT2D eigenvalue weighted by Gasteiger charge is -2.37. The molecule has 2 N–H and O–H groups in total. The summed E-state index contributed by atoms with van der Waals surface area (Å²) in [6.07, 6.45) is 5.05. The largest absolute Gasteiger partial charge is 0.367 e. The summed E-state index contributed by atoms with van der Waals surface area (Å²) in [6.45, 7) is 4.84. The Balaban J connectivity index is 1.38. The van der Waals surface area contributed by atoms with Gasteiger partial charge < -0.3 is 15.5 Å². The Bertz CT molecular complexity index is 892. The topological polar surface area (TPSA) is 81.8 Å². The number of benzene rings is 1. The molecule has 2 heterocycles. The van der Waals surface area contributed by atoms with Crippen LogP contribution in [0.1, 0.15) is 51.0 Å². The molecule has 7 nitrogen and oxygen atoms in total. The molecule has 0 bridgehead atoms. The van der Waals surface area contributed by atoms with Crippen LogP contribution in [0.3, 0.4) is 0 Å². The number of carbonyl (C=O) groups is 3. The van der Waals surface area contributed by atoms with E-state index < -0.39 is 11.6 Å². The molecule has 0 radical (unpaired) electrons. The summed E-state index contributed by atoms with van der Waals surface area (Å²) in [5.41, 5.74) is 0.660. The number of hydrogen-bond donors (Lipinski definition) is 2. The van der Waals surface area contributed by atoms with Crippen LogP contribution < -0.4 is 15.5 Å². The second-order valence-corrected chi connectivity index (χ2v) is 9.25. The Morgan fingerprint density at radius 2 is 2.06 bits per heavy atom. The van der Waals surface area contributed by atoms with Crippen molar-refractivity contribution >= 4 is 23.5 Å². The number of aryl methyl sites for hydroxylation is 1. The smallest absolute Gasteiger partial charge is 0.325 e. The van der Waals surface area contributed by atoms with Gasteiger partial charge in [0.15, 0.2) is 0 Å². The predicted octanol–water partition coefficient (Wildman–Crippen LogP) is 2.72. The van der Waals surface area contributed by atoms with Crippen LogP contribution in [0.2, 0.25) is 0 Å². The fourth-order valence-corrected chi connectivity index (χ4v) is 5.23. The number of nitrogens with one attached hydrogen (secondary N) is 2. The Hall–Kier alpha value is -2.64. The van der Waals surface area contributed by atoms with E-state index in [0.29, 0.717) is 18.7 Å². The van der Waals surface area contributed by atoms with Gasteiger partial charge in [0.1, 0.15) is 17.9 Å². The zero-order valence-electron chi connectivity index (χ0n) is 18.2. The minimum Gasteiger partial charge on any atom is -0.367 e. The first-order valence-corrected chi connectivity index (χ1v) is 11.2. The first-order valence-electron chi connectivity index (χ1n) is 11.2. The lowest BCUT2D eigenvalue weighted by molar-refractivity contribution is -0.137. The van der Waals surface area contributed by atoms with Gasteiger partial charge in [-0.25, -0.2) is 9.18 Å². The number of hydrogen-bond acceptors (Lipinski definition) is 4. The fourth-order valence-electron chi connectivity index (χ4n) is 5.23. The average molecular weight is 431 g/mol. The molecule has 3 aliphatic rings. The Labute approximate surface area is 182 Å². The highest BCUT2D eigenvalue weighted by Crippen LogP contribution is 2.38. The maximum atomic E-state index is 14.3. The highest BCUT2D eigenvalue weighted by molar-refractivity contribution is 6.09. The van der Waals surface area contributed by atoms with E-state index in [1.54, 1.807) is 6.07 Å². The van der Waals surface area contributed by atoms with E-state index >= 15 is 0 Å². The van der Waals surface area contributed by atoms with Crippen molar-refractivity contribution in [1.82, 2.24) is 15.5 Å². The third-order valence-electron chi connectivity index (χ3n) is 7.03. The number of halogens is 1. The molecule has 31 heavy (non-hydrogen) atoms. The van der Waals surface area contributed by atoms with Gasteiger partial charge in [0.2, 0.25) is 5.91 Å². The van der Waals surface area contributed by atoms with Gasteiger partial charge in [0.05, 0.1) is 5.69 Å². The quantitative estimate of drug-likeness (QED) is 0.720. The second kappa shape index (κ2) is 8.48. The van der Waals surface area contributed by atoms with Gasteiger partial charge in [-0.1, -0.05) is 25.8 Å². The zero-order chi connectivity index (χ0) is 22.2. The lowest BCUT2D eigenvalue weighted by atomic mass is 9.73. The third-order valence-corrected chi connectivity index (χ3v) is 7.03. The van der Waals surface area contributed by atoms with Gasteiger partial charge in [0, 0.05) is 19.1 Å². The van der Waals surface area contributed by atoms with Crippen molar-refractivity contribution in [2.45, 2.75) is 64.0 Å². The fraction of sp³-hybridized carbons (Fsp3) is 0.609. The van der Waals surface area contributed by atoms with Gasteiger partial charge in [0.25, 0.3) is 5.91 Å². The molecule has 3 atom stereocenters. The maximum Gasteiger partial charge on any atom is 0.325 e. The van der Waals surface area contributed by atoms with Gasteiger partial charge in [-0.05, 0) is 56.2 Å². The Kier molecular flexibility index (Phi) is 5.90. The van der Waals surface area contributed by atoms with Crippen molar-refractivity contribution in [2.75, 3.05) is 24.5 Å². The van der Waals surface area contributed by atoms with E-state index in [1.807, 2.05) is 24.8 Å². The van der Waals surface area contributed by atoms with Crippen molar-refractivity contribution < 1.29 is 18.8 Å². The number of anilines is 1. The summed E-state index contributed by atoms with van der Waals surface area (Å²) in [6, 6.07) is 4.37. The van der Waals surface area contributed by atoms with Crippen LogP contribution in [-0.2, 0) is 9.59 Å². The number of nitrogens with zero attached hydrogens (tertiary/aromatic N) is 2. The van der Waals surface area contributed by atoms with E-state index in [9.17, 15) is 18.8 Å². The van der Waals surface area contributed by atoms with Gasteiger partial charge in [-0.2, -0.15) is 0 Å². The molecule has 1 aromatic carbocycles. The number of rotatable bonds is 4. The summed E-state index contributed by atoms with van der Waals surface area (Å²) < 4.78 is 14.3. The van der Waals surface area contributed by atoms with Crippen molar-refractivity contribution in [3.05, 3.63) is 29.6 Å². The lowest BCUT2D eigenvalue weighted by Crippen LogP contribution is -2.54. The van der Waals surface area contributed by atoms with Gasteiger partial charge in [-0.15, -0.1) is 0 Å². The molecule has 4 amide bonds. The van der Waals surface area contributed by atoms with Crippen LogP contribution >= 0.6 is 0 Å². The minimum atomic E-state index is -0.861. The summed E-state index contributed by atoms with van der Waals surface area (Å²) >= 11 is 0.